The number of allylic oxidation sites excluding steroid dienone is 1. The Morgan fingerprint density at radius 2 is 1.87 bits per heavy atom. The van der Waals surface area contributed by atoms with Crippen LogP contribution in [0.1, 0.15) is 40.0 Å². The molecule has 1 heterocycles. The summed E-state index contributed by atoms with van der Waals surface area (Å²) in [5, 5.41) is 3.46. The molecule has 1 N–H and O–H groups in total. The quantitative estimate of drug-likeness (QED) is 0.619. The number of hydrogen-bond acceptors (Lipinski definition) is 3. The number of nitrogens with one attached hydrogen (secondary N) is 1. The van der Waals surface area contributed by atoms with Crippen molar-refractivity contribution in [2.24, 2.45) is 11.8 Å². The minimum Gasteiger partial charge on any atom is -0.339 e. The Kier molecular flexibility index (Phi) is 6.63. The molecule has 5 nitrogen and oxygen atoms in total. The van der Waals surface area contributed by atoms with Gasteiger partial charge in [0.05, 0.1) is 0 Å². The maximum Gasteiger partial charge on any atom is 0.223 e. The summed E-state index contributed by atoms with van der Waals surface area (Å²) in [5.74, 6) is 1.63. The summed E-state index contributed by atoms with van der Waals surface area (Å²) in [6.07, 6.45) is 5.37. The fourth-order valence-electron chi connectivity index (χ4n) is 3.62. The number of amides is 2. The minimum absolute atomic E-state index is 0.101. The second-order valence-corrected chi connectivity index (χ2v) is 6.95. The zero-order chi connectivity index (χ0) is 16.8. The smallest absolute Gasteiger partial charge is 0.223 e. The third-order valence-electron chi connectivity index (χ3n) is 5.32. The molecule has 0 unspecified atom stereocenters. The highest BCUT2D eigenvalue weighted by Gasteiger charge is 2.23. The highest BCUT2D eigenvalue weighted by Crippen LogP contribution is 2.29. The molecule has 0 aromatic rings. The first kappa shape index (κ1) is 18.0. The van der Waals surface area contributed by atoms with Gasteiger partial charge in [-0.2, -0.15) is 0 Å². The predicted octanol–water partition coefficient (Wildman–Crippen LogP) is 1.65. The maximum absolute atomic E-state index is 12.2. The second-order valence-electron chi connectivity index (χ2n) is 6.95. The maximum atomic E-state index is 12.2. The average Bonchev–Trinajstić information content (AvgIpc) is 2.53. The van der Waals surface area contributed by atoms with Gasteiger partial charge in [-0.3, -0.25) is 9.59 Å². The van der Waals surface area contributed by atoms with E-state index in [1.54, 1.807) is 6.92 Å². The van der Waals surface area contributed by atoms with Gasteiger partial charge in [-0.25, -0.2) is 0 Å². The summed E-state index contributed by atoms with van der Waals surface area (Å²) in [6, 6.07) is 0. The van der Waals surface area contributed by atoms with Gasteiger partial charge in [0.25, 0.3) is 0 Å². The standard InChI is InChI=1S/C18H31N3O2/c1-14-5-4-6-15(2)17(14)13-19-8-7-18(23)21-11-9-20(10-12-21)16(3)22/h5,15,17,19H,4,6-13H2,1-3H3/t15-,17-/m0/s1. The normalized spacial score (nSPS) is 25.3. The molecule has 0 aromatic heterocycles. The van der Waals surface area contributed by atoms with Gasteiger partial charge >= 0.3 is 0 Å². The van der Waals surface area contributed by atoms with Crippen LogP contribution < -0.4 is 5.32 Å². The van der Waals surface area contributed by atoms with E-state index >= 15 is 0 Å². The largest absolute Gasteiger partial charge is 0.339 e. The van der Waals surface area contributed by atoms with E-state index in [9.17, 15) is 9.59 Å². The van der Waals surface area contributed by atoms with E-state index in [1.807, 2.05) is 9.80 Å². The van der Waals surface area contributed by atoms with Gasteiger partial charge in [-0.15, -0.1) is 0 Å². The van der Waals surface area contributed by atoms with Gasteiger partial charge < -0.3 is 15.1 Å². The molecule has 2 amide bonds. The topological polar surface area (TPSA) is 52.7 Å². The number of rotatable bonds is 5. The van der Waals surface area contributed by atoms with Crippen LogP contribution in [0.5, 0.6) is 0 Å². The van der Waals surface area contributed by atoms with E-state index in [0.717, 1.165) is 19.0 Å². The van der Waals surface area contributed by atoms with Crippen LogP contribution in [0, 0.1) is 11.8 Å². The zero-order valence-corrected chi connectivity index (χ0v) is 14.8. The average molecular weight is 321 g/mol. The number of hydrogen-bond donors (Lipinski definition) is 1. The van der Waals surface area contributed by atoms with Crippen LogP contribution in [-0.2, 0) is 9.59 Å². The molecule has 2 atom stereocenters. The molecule has 2 aliphatic rings. The highest BCUT2D eigenvalue weighted by molar-refractivity contribution is 5.77. The number of piperazine rings is 1. The second kappa shape index (κ2) is 8.48. The van der Waals surface area contributed by atoms with Crippen molar-refractivity contribution in [3.8, 4) is 0 Å². The van der Waals surface area contributed by atoms with E-state index in [1.165, 1.54) is 18.4 Å². The molecule has 23 heavy (non-hydrogen) atoms. The third kappa shape index (κ3) is 5.06. The molecule has 130 valence electrons. The van der Waals surface area contributed by atoms with Crippen molar-refractivity contribution in [2.75, 3.05) is 39.3 Å². The third-order valence-corrected chi connectivity index (χ3v) is 5.32. The number of nitrogens with zero attached hydrogens (tertiary/aromatic N) is 2. The van der Waals surface area contributed by atoms with Crippen molar-refractivity contribution in [2.45, 2.75) is 40.0 Å². The number of carbonyl (C=O) groups excluding carboxylic acids is 2. The summed E-state index contributed by atoms with van der Waals surface area (Å²) in [7, 11) is 0. The predicted molar refractivity (Wildman–Crippen MR) is 92.0 cm³/mol. The summed E-state index contributed by atoms with van der Waals surface area (Å²) in [5.41, 5.74) is 1.49. The molecule has 0 spiro atoms. The lowest BCUT2D eigenvalue weighted by atomic mass is 9.80. The van der Waals surface area contributed by atoms with Crippen LogP contribution in [-0.4, -0.2) is 60.9 Å². The van der Waals surface area contributed by atoms with Crippen molar-refractivity contribution >= 4 is 11.8 Å². The lowest BCUT2D eigenvalue weighted by Gasteiger charge is -2.34. The van der Waals surface area contributed by atoms with Gasteiger partial charge in [-0.1, -0.05) is 18.6 Å². The molecule has 1 saturated heterocycles. The molecule has 0 bridgehead atoms. The van der Waals surface area contributed by atoms with Gasteiger partial charge in [0.15, 0.2) is 0 Å². The first-order valence-corrected chi connectivity index (χ1v) is 8.89. The molecule has 5 heteroatoms. The van der Waals surface area contributed by atoms with E-state index in [2.05, 4.69) is 25.2 Å². The molecule has 0 saturated carbocycles. The first-order valence-electron chi connectivity index (χ1n) is 8.89. The van der Waals surface area contributed by atoms with Gasteiger partial charge in [0.1, 0.15) is 0 Å². The van der Waals surface area contributed by atoms with Crippen LogP contribution >= 0.6 is 0 Å². The van der Waals surface area contributed by atoms with Crippen molar-refractivity contribution in [1.82, 2.24) is 15.1 Å². The first-order chi connectivity index (χ1) is 11.0. The van der Waals surface area contributed by atoms with Crippen LogP contribution in [0.2, 0.25) is 0 Å². The summed E-state index contributed by atoms with van der Waals surface area (Å²) < 4.78 is 0. The van der Waals surface area contributed by atoms with Crippen molar-refractivity contribution in [1.29, 1.82) is 0 Å². The van der Waals surface area contributed by atoms with E-state index in [0.29, 0.717) is 38.5 Å². The van der Waals surface area contributed by atoms with Crippen LogP contribution in [0.4, 0.5) is 0 Å². The summed E-state index contributed by atoms with van der Waals surface area (Å²) in [6.45, 7) is 10.5. The molecule has 1 aliphatic carbocycles. The SMILES string of the molecule is CC(=O)N1CCN(C(=O)CCNC[C@H]2C(C)=CCC[C@@H]2C)CC1. The Morgan fingerprint density at radius 1 is 1.22 bits per heavy atom. The van der Waals surface area contributed by atoms with Gasteiger partial charge in [0.2, 0.25) is 11.8 Å². The molecule has 1 aliphatic heterocycles. The fourth-order valence-corrected chi connectivity index (χ4v) is 3.62. The van der Waals surface area contributed by atoms with Crippen molar-refractivity contribution < 1.29 is 9.59 Å². The van der Waals surface area contributed by atoms with Crippen molar-refractivity contribution in [3.63, 3.8) is 0 Å². The molecule has 2 rings (SSSR count). The summed E-state index contributed by atoms with van der Waals surface area (Å²) in [4.78, 5) is 27.2. The van der Waals surface area contributed by atoms with Crippen LogP contribution in [0.3, 0.4) is 0 Å². The molecular formula is C18H31N3O2. The van der Waals surface area contributed by atoms with Crippen LogP contribution in [0.25, 0.3) is 0 Å². The Balaban J connectivity index is 1.65. The lowest BCUT2D eigenvalue weighted by molar-refractivity contribution is -0.138. The van der Waals surface area contributed by atoms with E-state index in [-0.39, 0.29) is 11.8 Å². The zero-order valence-electron chi connectivity index (χ0n) is 14.8. The molecule has 1 fully saturated rings. The molecular weight excluding hydrogens is 290 g/mol. The van der Waals surface area contributed by atoms with Crippen LogP contribution in [0.15, 0.2) is 11.6 Å². The van der Waals surface area contributed by atoms with Gasteiger partial charge in [-0.05, 0) is 31.6 Å². The van der Waals surface area contributed by atoms with E-state index in [4.69, 9.17) is 0 Å². The van der Waals surface area contributed by atoms with E-state index < -0.39 is 0 Å². The van der Waals surface area contributed by atoms with Crippen molar-refractivity contribution in [3.05, 3.63) is 11.6 Å². The summed E-state index contributed by atoms with van der Waals surface area (Å²) >= 11 is 0. The Bertz CT molecular complexity index is 453. The molecule has 0 radical (unpaired) electrons. The minimum atomic E-state index is 0.101. The Morgan fingerprint density at radius 3 is 2.48 bits per heavy atom. The lowest BCUT2D eigenvalue weighted by Crippen LogP contribution is -2.50. The Labute approximate surface area is 140 Å². The number of carbonyl (C=O) groups is 2. The monoisotopic (exact) mass is 321 g/mol. The fraction of sp³-hybridized carbons (Fsp3) is 0.778. The Hall–Kier alpha value is -1.36. The van der Waals surface area contributed by atoms with Gasteiger partial charge in [0, 0.05) is 52.6 Å². The molecule has 0 aromatic carbocycles. The highest BCUT2D eigenvalue weighted by atomic mass is 16.2.